The molecule has 0 saturated heterocycles. The molecule has 0 unspecified atom stereocenters. The maximum atomic E-state index is 6.45. The van der Waals surface area contributed by atoms with Crippen LogP contribution in [0.25, 0.3) is 10.1 Å². The third-order valence-corrected chi connectivity index (χ3v) is 6.33. The van der Waals surface area contributed by atoms with E-state index in [1.54, 1.807) is 0 Å². The van der Waals surface area contributed by atoms with Crippen LogP contribution >= 0.6 is 22.9 Å². The van der Waals surface area contributed by atoms with E-state index in [4.69, 9.17) is 11.6 Å². The Hall–Kier alpha value is -1.64. The van der Waals surface area contributed by atoms with Crippen molar-refractivity contribution in [1.29, 1.82) is 0 Å². The molecular weight excluding hydrogens is 358 g/mol. The number of pyridine rings is 1. The Balaban J connectivity index is 1.85. The molecule has 0 fully saturated rings. The van der Waals surface area contributed by atoms with E-state index in [2.05, 4.69) is 49.8 Å². The Kier molecular flexibility index (Phi) is 5.84. The fraction of sp³-hybridized carbons (Fsp3) is 0.348. The number of hydrogen-bond acceptors (Lipinski definition) is 2. The predicted molar refractivity (Wildman–Crippen MR) is 116 cm³/mol. The lowest BCUT2D eigenvalue weighted by atomic mass is 9.97. The summed E-state index contributed by atoms with van der Waals surface area (Å²) in [7, 11) is 0. The summed E-state index contributed by atoms with van der Waals surface area (Å²) in [5.74, 6) is 0. The fourth-order valence-electron chi connectivity index (χ4n) is 3.57. The highest BCUT2D eigenvalue weighted by Gasteiger charge is 2.11. The van der Waals surface area contributed by atoms with Crippen LogP contribution in [0.1, 0.15) is 47.0 Å². The molecule has 0 bridgehead atoms. The van der Waals surface area contributed by atoms with Gasteiger partial charge in [0.15, 0.2) is 0 Å². The molecule has 0 aliphatic carbocycles. The number of nitrogens with zero attached hydrogens (tertiary/aromatic N) is 1. The van der Waals surface area contributed by atoms with Gasteiger partial charge in [-0.05, 0) is 91.6 Å². The molecule has 3 aromatic rings. The van der Waals surface area contributed by atoms with Crippen LogP contribution in [0.2, 0.25) is 5.02 Å². The smallest absolute Gasteiger partial charge is 0.0474 e. The monoisotopic (exact) mass is 383 g/mol. The molecule has 0 atom stereocenters. The molecule has 0 aliphatic rings. The minimum Gasteiger partial charge on any atom is -0.258 e. The molecule has 0 amide bonds. The van der Waals surface area contributed by atoms with Crippen LogP contribution in [0.5, 0.6) is 0 Å². The van der Waals surface area contributed by atoms with E-state index in [0.29, 0.717) is 0 Å². The maximum Gasteiger partial charge on any atom is 0.0474 e. The topological polar surface area (TPSA) is 12.9 Å². The first-order chi connectivity index (χ1) is 12.4. The fourth-order valence-corrected chi connectivity index (χ4v) is 5.06. The van der Waals surface area contributed by atoms with Crippen molar-refractivity contribution >= 4 is 33.0 Å². The molecule has 0 saturated carbocycles. The summed E-state index contributed by atoms with van der Waals surface area (Å²) in [6.07, 6.45) is 3.93. The van der Waals surface area contributed by atoms with Crippen molar-refractivity contribution in [1.82, 2.24) is 4.98 Å². The van der Waals surface area contributed by atoms with Crippen LogP contribution in [0.3, 0.4) is 0 Å². The Bertz CT molecular complexity index is 945. The second-order valence-electron chi connectivity index (χ2n) is 7.14. The number of halogens is 1. The molecular formula is C23H26ClNS. The zero-order valence-electron chi connectivity index (χ0n) is 16.1. The van der Waals surface area contributed by atoms with E-state index in [9.17, 15) is 0 Å². The molecule has 0 N–H and O–H groups in total. The van der Waals surface area contributed by atoms with Crippen molar-refractivity contribution in [3.63, 3.8) is 0 Å². The number of aromatic nitrogens is 1. The Morgan fingerprint density at radius 2 is 1.92 bits per heavy atom. The van der Waals surface area contributed by atoms with E-state index in [-0.39, 0.29) is 0 Å². The lowest BCUT2D eigenvalue weighted by Crippen LogP contribution is -1.99. The predicted octanol–water partition coefficient (Wildman–Crippen LogP) is 7.17. The van der Waals surface area contributed by atoms with Crippen LogP contribution in [-0.4, -0.2) is 4.98 Å². The van der Waals surface area contributed by atoms with Gasteiger partial charge in [-0.2, -0.15) is 0 Å². The second kappa shape index (κ2) is 7.94. The van der Waals surface area contributed by atoms with Gasteiger partial charge in [-0.1, -0.05) is 36.7 Å². The number of thiophene rings is 1. The number of fused-ring (bicyclic) bond motifs is 1. The van der Waals surface area contributed by atoms with Gasteiger partial charge in [-0.25, -0.2) is 0 Å². The molecule has 1 aromatic carbocycles. The van der Waals surface area contributed by atoms with E-state index in [1.165, 1.54) is 37.9 Å². The van der Waals surface area contributed by atoms with Gasteiger partial charge < -0.3 is 0 Å². The standard InChI is InChI=1S/C23H26ClNS/c1-6-14(2)9-19-13-26-22-12-18(10-15(3)23(19)22)7-8-20-17(5)25-16(4)11-21(20)24/h10-13H,2,6-9H2,1,3-5H3. The van der Waals surface area contributed by atoms with E-state index in [0.717, 1.165) is 42.1 Å². The average Bonchev–Trinajstić information content (AvgIpc) is 2.97. The lowest BCUT2D eigenvalue weighted by Gasteiger charge is -2.10. The Morgan fingerprint density at radius 3 is 2.62 bits per heavy atom. The molecule has 3 rings (SSSR count). The molecule has 3 heteroatoms. The minimum absolute atomic E-state index is 0.837. The van der Waals surface area contributed by atoms with E-state index >= 15 is 0 Å². The molecule has 136 valence electrons. The van der Waals surface area contributed by atoms with Crippen molar-refractivity contribution < 1.29 is 0 Å². The van der Waals surface area contributed by atoms with Crippen LogP contribution in [-0.2, 0) is 19.3 Å². The van der Waals surface area contributed by atoms with Crippen LogP contribution in [0, 0.1) is 20.8 Å². The van der Waals surface area contributed by atoms with Gasteiger partial charge in [0, 0.05) is 21.1 Å². The zero-order valence-corrected chi connectivity index (χ0v) is 17.7. The lowest BCUT2D eigenvalue weighted by molar-refractivity contribution is 0.924. The third kappa shape index (κ3) is 4.02. The van der Waals surface area contributed by atoms with Crippen LogP contribution in [0.4, 0.5) is 0 Å². The van der Waals surface area contributed by atoms with Crippen molar-refractivity contribution in [2.75, 3.05) is 0 Å². The van der Waals surface area contributed by atoms with Crippen LogP contribution < -0.4 is 0 Å². The van der Waals surface area contributed by atoms with E-state index < -0.39 is 0 Å². The largest absolute Gasteiger partial charge is 0.258 e. The van der Waals surface area contributed by atoms with Crippen molar-refractivity contribution in [3.8, 4) is 0 Å². The molecule has 2 aromatic heterocycles. The summed E-state index contributed by atoms with van der Waals surface area (Å²) in [4.78, 5) is 4.56. The van der Waals surface area contributed by atoms with Gasteiger partial charge in [0.2, 0.25) is 0 Å². The number of hydrogen-bond donors (Lipinski definition) is 0. The molecule has 26 heavy (non-hydrogen) atoms. The summed E-state index contributed by atoms with van der Waals surface area (Å²) in [6, 6.07) is 6.64. The maximum absolute atomic E-state index is 6.45. The SMILES string of the molecule is C=C(CC)Cc1csc2cc(CCc3c(Cl)cc(C)nc3C)cc(C)c12. The number of benzene rings is 1. The summed E-state index contributed by atoms with van der Waals surface area (Å²) < 4.78 is 1.38. The molecule has 1 nitrogen and oxygen atoms in total. The number of allylic oxidation sites excluding steroid dienone is 1. The van der Waals surface area contributed by atoms with Crippen molar-refractivity contribution in [2.45, 2.75) is 53.4 Å². The quantitative estimate of drug-likeness (QED) is 0.411. The van der Waals surface area contributed by atoms with Gasteiger partial charge in [0.1, 0.15) is 0 Å². The average molecular weight is 384 g/mol. The first-order valence-electron chi connectivity index (χ1n) is 9.18. The molecule has 0 spiro atoms. The van der Waals surface area contributed by atoms with Gasteiger partial charge in [0.25, 0.3) is 0 Å². The second-order valence-corrected chi connectivity index (χ2v) is 8.45. The summed E-state index contributed by atoms with van der Waals surface area (Å²) in [5, 5.41) is 4.55. The molecule has 0 radical (unpaired) electrons. The third-order valence-electron chi connectivity index (χ3n) is 5.02. The first-order valence-corrected chi connectivity index (χ1v) is 10.4. The van der Waals surface area contributed by atoms with Gasteiger partial charge in [-0.15, -0.1) is 11.3 Å². The van der Waals surface area contributed by atoms with Gasteiger partial charge in [-0.3, -0.25) is 4.98 Å². The summed E-state index contributed by atoms with van der Waals surface area (Å²) >= 11 is 8.29. The zero-order chi connectivity index (χ0) is 18.8. The highest BCUT2D eigenvalue weighted by molar-refractivity contribution is 7.17. The van der Waals surface area contributed by atoms with Crippen molar-refractivity contribution in [2.24, 2.45) is 0 Å². The minimum atomic E-state index is 0.837. The Morgan fingerprint density at radius 1 is 1.15 bits per heavy atom. The first kappa shape index (κ1) is 19.1. The molecule has 0 aliphatic heterocycles. The highest BCUT2D eigenvalue weighted by atomic mass is 35.5. The number of aryl methyl sites for hydroxylation is 4. The highest BCUT2D eigenvalue weighted by Crippen LogP contribution is 2.32. The normalized spacial score (nSPS) is 11.3. The van der Waals surface area contributed by atoms with Crippen molar-refractivity contribution in [3.05, 3.63) is 74.4 Å². The molecule has 2 heterocycles. The van der Waals surface area contributed by atoms with Gasteiger partial charge in [0.05, 0.1) is 0 Å². The van der Waals surface area contributed by atoms with Gasteiger partial charge >= 0.3 is 0 Å². The Labute approximate surface area is 165 Å². The van der Waals surface area contributed by atoms with Crippen LogP contribution in [0.15, 0.2) is 35.7 Å². The van der Waals surface area contributed by atoms with E-state index in [1.807, 2.05) is 24.3 Å². The summed E-state index contributed by atoms with van der Waals surface area (Å²) in [6.45, 7) is 12.6. The number of rotatable bonds is 6. The summed E-state index contributed by atoms with van der Waals surface area (Å²) in [5.41, 5.74) is 8.64.